The van der Waals surface area contributed by atoms with E-state index in [0.717, 1.165) is 5.82 Å². The highest BCUT2D eigenvalue weighted by Gasteiger charge is 2.18. The van der Waals surface area contributed by atoms with Gasteiger partial charge in [-0.3, -0.25) is 4.79 Å². The molecule has 0 aliphatic rings. The average Bonchev–Trinajstić information content (AvgIpc) is 2.89. The Morgan fingerprint density at radius 3 is 2.45 bits per heavy atom. The Kier molecular flexibility index (Phi) is 4.24. The van der Waals surface area contributed by atoms with Gasteiger partial charge in [0, 0.05) is 19.4 Å². The maximum absolute atomic E-state index is 12.3. The fourth-order valence-corrected chi connectivity index (χ4v) is 1.89. The minimum atomic E-state index is -0.262. The quantitative estimate of drug-likeness (QED) is 0.895. The van der Waals surface area contributed by atoms with Gasteiger partial charge in [-0.15, -0.1) is 0 Å². The van der Waals surface area contributed by atoms with Crippen molar-refractivity contribution in [3.8, 4) is 11.5 Å². The van der Waals surface area contributed by atoms with Crippen molar-refractivity contribution in [1.29, 1.82) is 0 Å². The number of nitrogens with one attached hydrogen (secondary N) is 1. The monoisotopic (exact) mass is 275 g/mol. The largest absolute Gasteiger partial charge is 0.496 e. The summed E-state index contributed by atoms with van der Waals surface area (Å²) in [7, 11) is 4.91. The molecule has 0 spiro atoms. The van der Waals surface area contributed by atoms with Gasteiger partial charge in [-0.25, -0.2) is 4.98 Å². The van der Waals surface area contributed by atoms with Gasteiger partial charge in [-0.1, -0.05) is 6.07 Å². The lowest BCUT2D eigenvalue weighted by Gasteiger charge is -2.12. The first-order chi connectivity index (χ1) is 9.67. The molecular weight excluding hydrogens is 258 g/mol. The first-order valence-electron chi connectivity index (χ1n) is 6.12. The number of hydrogen-bond donors (Lipinski definition) is 1. The molecule has 2 rings (SSSR count). The Balaban J connectivity index is 2.18. The predicted octanol–water partition coefficient (Wildman–Crippen LogP) is 1.37. The fraction of sp³-hybridized carbons (Fsp3) is 0.286. The maximum Gasteiger partial charge on any atom is 0.259 e. The van der Waals surface area contributed by atoms with Crippen LogP contribution in [0, 0.1) is 0 Å². The van der Waals surface area contributed by atoms with Gasteiger partial charge in [0.1, 0.15) is 22.9 Å². The molecule has 1 aromatic heterocycles. The molecule has 106 valence electrons. The summed E-state index contributed by atoms with van der Waals surface area (Å²) >= 11 is 0. The van der Waals surface area contributed by atoms with Crippen molar-refractivity contribution in [2.45, 2.75) is 6.54 Å². The Labute approximate surface area is 117 Å². The molecule has 0 bridgehead atoms. The molecule has 20 heavy (non-hydrogen) atoms. The summed E-state index contributed by atoms with van der Waals surface area (Å²) in [6.07, 6.45) is 3.51. The van der Waals surface area contributed by atoms with Crippen molar-refractivity contribution in [3.63, 3.8) is 0 Å². The summed E-state index contributed by atoms with van der Waals surface area (Å²) in [5, 5.41) is 2.81. The van der Waals surface area contributed by atoms with E-state index in [-0.39, 0.29) is 5.91 Å². The number of hydrogen-bond acceptors (Lipinski definition) is 4. The molecule has 2 aromatic rings. The van der Waals surface area contributed by atoms with Crippen molar-refractivity contribution >= 4 is 5.91 Å². The van der Waals surface area contributed by atoms with Crippen LogP contribution in [0.5, 0.6) is 11.5 Å². The number of carbonyl (C=O) groups is 1. The molecule has 1 aromatic carbocycles. The lowest BCUT2D eigenvalue weighted by atomic mass is 10.1. The maximum atomic E-state index is 12.3. The zero-order chi connectivity index (χ0) is 14.5. The fourth-order valence-electron chi connectivity index (χ4n) is 1.89. The van der Waals surface area contributed by atoms with E-state index in [0.29, 0.717) is 23.6 Å². The number of benzene rings is 1. The van der Waals surface area contributed by atoms with Gasteiger partial charge in [0.25, 0.3) is 5.91 Å². The second-order valence-corrected chi connectivity index (χ2v) is 4.17. The minimum Gasteiger partial charge on any atom is -0.496 e. The van der Waals surface area contributed by atoms with Crippen LogP contribution in [0.2, 0.25) is 0 Å². The number of imidazole rings is 1. The molecule has 6 nitrogen and oxygen atoms in total. The summed E-state index contributed by atoms with van der Waals surface area (Å²) in [4.78, 5) is 16.5. The number of aromatic nitrogens is 2. The predicted molar refractivity (Wildman–Crippen MR) is 73.9 cm³/mol. The van der Waals surface area contributed by atoms with E-state index in [2.05, 4.69) is 10.3 Å². The van der Waals surface area contributed by atoms with Crippen molar-refractivity contribution in [2.75, 3.05) is 14.2 Å². The first-order valence-corrected chi connectivity index (χ1v) is 6.12. The number of nitrogens with zero attached hydrogens (tertiary/aromatic N) is 2. The molecule has 0 aliphatic heterocycles. The van der Waals surface area contributed by atoms with Crippen molar-refractivity contribution < 1.29 is 14.3 Å². The van der Waals surface area contributed by atoms with E-state index >= 15 is 0 Å². The number of amides is 1. The van der Waals surface area contributed by atoms with Gasteiger partial charge in [0.15, 0.2) is 0 Å². The van der Waals surface area contributed by atoms with Crippen LogP contribution in [0.25, 0.3) is 0 Å². The highest BCUT2D eigenvalue weighted by molar-refractivity contribution is 5.99. The molecule has 0 radical (unpaired) electrons. The highest BCUT2D eigenvalue weighted by atomic mass is 16.5. The van der Waals surface area contributed by atoms with E-state index in [9.17, 15) is 4.79 Å². The van der Waals surface area contributed by atoms with Gasteiger partial charge in [0.05, 0.1) is 20.8 Å². The molecule has 0 saturated carbocycles. The van der Waals surface area contributed by atoms with Crippen molar-refractivity contribution in [3.05, 3.63) is 42.0 Å². The normalized spacial score (nSPS) is 10.2. The molecule has 0 aliphatic carbocycles. The summed E-state index contributed by atoms with van der Waals surface area (Å²) in [6.45, 7) is 0.337. The Morgan fingerprint density at radius 2 is 1.95 bits per heavy atom. The molecule has 1 heterocycles. The lowest BCUT2D eigenvalue weighted by molar-refractivity contribution is 0.0943. The van der Waals surface area contributed by atoms with Crippen LogP contribution in [0.15, 0.2) is 30.6 Å². The smallest absolute Gasteiger partial charge is 0.259 e. The molecule has 0 saturated heterocycles. The van der Waals surface area contributed by atoms with Crippen LogP contribution < -0.4 is 14.8 Å². The SMILES string of the molecule is COc1cccc(OC)c1C(=O)NCc1nccn1C. The van der Waals surface area contributed by atoms with Gasteiger partial charge in [0.2, 0.25) is 0 Å². The number of ether oxygens (including phenoxy) is 2. The molecule has 0 fully saturated rings. The van der Waals surface area contributed by atoms with Crippen LogP contribution in [0.4, 0.5) is 0 Å². The third kappa shape index (κ3) is 2.74. The van der Waals surface area contributed by atoms with Crippen LogP contribution in [-0.2, 0) is 13.6 Å². The lowest BCUT2D eigenvalue weighted by Crippen LogP contribution is -2.25. The highest BCUT2D eigenvalue weighted by Crippen LogP contribution is 2.27. The van der Waals surface area contributed by atoms with Crippen molar-refractivity contribution in [1.82, 2.24) is 14.9 Å². The van der Waals surface area contributed by atoms with E-state index in [1.54, 1.807) is 24.4 Å². The molecular formula is C14H17N3O3. The number of methoxy groups -OCH3 is 2. The van der Waals surface area contributed by atoms with Gasteiger partial charge >= 0.3 is 0 Å². The van der Waals surface area contributed by atoms with E-state index in [1.807, 2.05) is 17.8 Å². The molecule has 1 N–H and O–H groups in total. The number of aryl methyl sites for hydroxylation is 1. The number of rotatable bonds is 5. The molecule has 0 unspecified atom stereocenters. The third-order valence-corrected chi connectivity index (χ3v) is 2.98. The first kappa shape index (κ1) is 13.9. The number of carbonyl (C=O) groups excluding carboxylic acids is 1. The van der Waals surface area contributed by atoms with Crippen LogP contribution in [0.1, 0.15) is 16.2 Å². The van der Waals surface area contributed by atoms with Crippen LogP contribution in [0.3, 0.4) is 0 Å². The second-order valence-electron chi connectivity index (χ2n) is 4.17. The third-order valence-electron chi connectivity index (χ3n) is 2.98. The Hall–Kier alpha value is -2.50. The van der Waals surface area contributed by atoms with E-state index in [4.69, 9.17) is 9.47 Å². The molecule has 0 atom stereocenters. The van der Waals surface area contributed by atoms with Crippen LogP contribution >= 0.6 is 0 Å². The summed E-state index contributed by atoms with van der Waals surface area (Å²) in [6, 6.07) is 5.21. The summed E-state index contributed by atoms with van der Waals surface area (Å²) in [5.41, 5.74) is 0.381. The average molecular weight is 275 g/mol. The Bertz CT molecular complexity index is 585. The minimum absolute atomic E-state index is 0.262. The summed E-state index contributed by atoms with van der Waals surface area (Å²) < 4.78 is 12.3. The Morgan fingerprint density at radius 1 is 1.30 bits per heavy atom. The van der Waals surface area contributed by atoms with Crippen molar-refractivity contribution in [2.24, 2.45) is 7.05 Å². The molecule has 6 heteroatoms. The van der Waals surface area contributed by atoms with E-state index < -0.39 is 0 Å². The topological polar surface area (TPSA) is 65.4 Å². The zero-order valence-corrected chi connectivity index (χ0v) is 11.7. The standard InChI is InChI=1S/C14H17N3O3/c1-17-8-7-15-12(17)9-16-14(18)13-10(19-2)5-4-6-11(13)20-3/h4-8H,9H2,1-3H3,(H,16,18). The van der Waals surface area contributed by atoms with Gasteiger partial charge in [-0.2, -0.15) is 0 Å². The molecule has 1 amide bonds. The van der Waals surface area contributed by atoms with Gasteiger partial charge in [-0.05, 0) is 12.1 Å². The van der Waals surface area contributed by atoms with Crippen LogP contribution in [-0.4, -0.2) is 29.7 Å². The summed E-state index contributed by atoms with van der Waals surface area (Å²) in [5.74, 6) is 1.46. The van der Waals surface area contributed by atoms with Gasteiger partial charge < -0.3 is 19.4 Å². The van der Waals surface area contributed by atoms with E-state index in [1.165, 1.54) is 14.2 Å². The zero-order valence-electron chi connectivity index (χ0n) is 11.7. The second kappa shape index (κ2) is 6.10.